The molecule has 24 heavy (non-hydrogen) atoms. The van der Waals surface area contributed by atoms with Crippen molar-refractivity contribution in [2.75, 3.05) is 6.54 Å². The van der Waals surface area contributed by atoms with E-state index in [9.17, 15) is 9.59 Å². The molecule has 0 radical (unpaired) electrons. The van der Waals surface area contributed by atoms with Crippen molar-refractivity contribution < 1.29 is 4.79 Å². The summed E-state index contributed by atoms with van der Waals surface area (Å²) in [6.07, 6.45) is 2.73. The molecule has 1 saturated heterocycles. The lowest BCUT2D eigenvalue weighted by Crippen LogP contribution is -2.65. The van der Waals surface area contributed by atoms with Crippen LogP contribution in [0.4, 0.5) is 0 Å². The third-order valence-electron chi connectivity index (χ3n) is 5.45. The minimum absolute atomic E-state index is 0.122. The van der Waals surface area contributed by atoms with Crippen LogP contribution in [-0.4, -0.2) is 33.2 Å². The lowest BCUT2D eigenvalue weighted by atomic mass is 9.72. The number of hydrogen-bond donors (Lipinski definition) is 0. The van der Waals surface area contributed by atoms with Crippen molar-refractivity contribution in [1.29, 1.82) is 0 Å². The molecule has 2 aliphatic rings. The molecule has 5 nitrogen and oxygen atoms in total. The van der Waals surface area contributed by atoms with Crippen molar-refractivity contribution in [3.8, 4) is 0 Å². The van der Waals surface area contributed by atoms with Gasteiger partial charge in [-0.15, -0.1) is 0 Å². The second kappa shape index (κ2) is 5.16. The Bertz CT molecular complexity index is 880. The normalized spacial score (nSPS) is 22.5. The van der Waals surface area contributed by atoms with E-state index in [1.165, 1.54) is 17.5 Å². The van der Waals surface area contributed by atoms with Gasteiger partial charge < -0.3 is 4.90 Å². The number of likely N-dealkylation sites (tertiary alicyclic amines) is 1. The zero-order valence-corrected chi connectivity index (χ0v) is 14.5. The van der Waals surface area contributed by atoms with Gasteiger partial charge in [0.05, 0.1) is 17.5 Å². The molecule has 0 bridgehead atoms. The Morgan fingerprint density at radius 2 is 1.92 bits per heavy atom. The van der Waals surface area contributed by atoms with Crippen LogP contribution in [0, 0.1) is 11.3 Å². The third kappa shape index (κ3) is 2.34. The number of hydrogen-bond acceptors (Lipinski definition) is 3. The highest BCUT2D eigenvalue weighted by atomic mass is 16.2. The van der Waals surface area contributed by atoms with Crippen molar-refractivity contribution in [2.24, 2.45) is 18.4 Å². The SMILES string of the molecule is Cn1nc(CC(=O)N2CC(C)(C)C2C2CC2)c2ccccc2c1=O. The summed E-state index contributed by atoms with van der Waals surface area (Å²) in [6, 6.07) is 7.77. The molecule has 0 spiro atoms. The molecule has 2 heterocycles. The molecule has 4 rings (SSSR count). The third-order valence-corrected chi connectivity index (χ3v) is 5.45. The summed E-state index contributed by atoms with van der Waals surface area (Å²) in [4.78, 5) is 27.1. The highest BCUT2D eigenvalue weighted by Gasteiger charge is 2.54. The Kier molecular flexibility index (Phi) is 3.31. The van der Waals surface area contributed by atoms with Gasteiger partial charge in [-0.3, -0.25) is 9.59 Å². The van der Waals surface area contributed by atoms with Gasteiger partial charge in [0.25, 0.3) is 5.56 Å². The molecule has 0 N–H and O–H groups in total. The van der Waals surface area contributed by atoms with Gasteiger partial charge in [-0.25, -0.2) is 4.68 Å². The van der Waals surface area contributed by atoms with E-state index in [1.54, 1.807) is 13.1 Å². The van der Waals surface area contributed by atoms with Gasteiger partial charge >= 0.3 is 0 Å². The maximum absolute atomic E-state index is 12.9. The van der Waals surface area contributed by atoms with Crippen LogP contribution in [-0.2, 0) is 18.3 Å². The van der Waals surface area contributed by atoms with E-state index in [-0.39, 0.29) is 23.3 Å². The van der Waals surface area contributed by atoms with E-state index in [2.05, 4.69) is 18.9 Å². The quantitative estimate of drug-likeness (QED) is 0.868. The fourth-order valence-corrected chi connectivity index (χ4v) is 4.24. The number of amides is 1. The topological polar surface area (TPSA) is 55.2 Å². The van der Waals surface area contributed by atoms with Crippen molar-refractivity contribution in [1.82, 2.24) is 14.7 Å². The standard InChI is InChI=1S/C19H23N3O2/c1-19(2)11-22(17(19)12-8-9-12)16(23)10-15-13-6-4-5-7-14(13)18(24)21(3)20-15/h4-7,12,17H,8-11H2,1-3H3. The number of aryl methyl sites for hydroxylation is 1. The molecule has 2 fully saturated rings. The first-order valence-corrected chi connectivity index (χ1v) is 8.63. The predicted molar refractivity (Wildman–Crippen MR) is 92.7 cm³/mol. The molecule has 2 aromatic rings. The summed E-state index contributed by atoms with van der Waals surface area (Å²) < 4.78 is 1.34. The molecule has 1 amide bonds. The lowest BCUT2D eigenvalue weighted by Gasteiger charge is -2.55. The zero-order valence-electron chi connectivity index (χ0n) is 14.5. The summed E-state index contributed by atoms with van der Waals surface area (Å²) in [5, 5.41) is 5.77. The molecule has 1 saturated carbocycles. The second-order valence-corrected chi connectivity index (χ2v) is 7.89. The first kappa shape index (κ1) is 15.4. The Labute approximate surface area is 141 Å². The van der Waals surface area contributed by atoms with Crippen molar-refractivity contribution in [3.63, 3.8) is 0 Å². The molecule has 1 aliphatic carbocycles. The average Bonchev–Trinajstić information content (AvgIpc) is 3.34. The van der Waals surface area contributed by atoms with Gasteiger partial charge in [-0.1, -0.05) is 32.0 Å². The Hall–Kier alpha value is -2.17. The molecular weight excluding hydrogens is 302 g/mol. The maximum atomic E-state index is 12.9. The second-order valence-electron chi connectivity index (χ2n) is 7.89. The predicted octanol–water partition coefficient (Wildman–Crippen LogP) is 2.12. The Morgan fingerprint density at radius 1 is 1.25 bits per heavy atom. The van der Waals surface area contributed by atoms with Crippen LogP contribution in [0.2, 0.25) is 0 Å². The number of nitrogens with zero attached hydrogens (tertiary/aromatic N) is 3. The number of aromatic nitrogens is 2. The molecule has 1 atom stereocenters. The fraction of sp³-hybridized carbons (Fsp3) is 0.526. The lowest BCUT2D eigenvalue weighted by molar-refractivity contribution is -0.152. The van der Waals surface area contributed by atoms with Crippen LogP contribution in [0.1, 0.15) is 32.4 Å². The minimum Gasteiger partial charge on any atom is -0.338 e. The molecule has 126 valence electrons. The van der Waals surface area contributed by atoms with Crippen LogP contribution < -0.4 is 5.56 Å². The summed E-state index contributed by atoms with van der Waals surface area (Å²) in [6.45, 7) is 5.32. The van der Waals surface area contributed by atoms with Gasteiger partial charge in [0.15, 0.2) is 0 Å². The van der Waals surface area contributed by atoms with Crippen LogP contribution in [0.3, 0.4) is 0 Å². The summed E-state index contributed by atoms with van der Waals surface area (Å²) in [5.41, 5.74) is 0.787. The van der Waals surface area contributed by atoms with Crippen LogP contribution in [0.15, 0.2) is 29.1 Å². The minimum atomic E-state index is -0.122. The molecular formula is C19H23N3O2. The summed E-state index contributed by atoms with van der Waals surface area (Å²) in [7, 11) is 1.64. The van der Waals surface area contributed by atoms with E-state index in [0.29, 0.717) is 23.0 Å². The highest BCUT2D eigenvalue weighted by Crippen LogP contribution is 2.50. The number of carbonyl (C=O) groups is 1. The van der Waals surface area contributed by atoms with Gasteiger partial charge in [0.1, 0.15) is 0 Å². The van der Waals surface area contributed by atoms with Crippen molar-refractivity contribution >= 4 is 16.7 Å². The van der Waals surface area contributed by atoms with Crippen molar-refractivity contribution in [2.45, 2.75) is 39.2 Å². The van der Waals surface area contributed by atoms with Gasteiger partial charge in [0, 0.05) is 30.4 Å². The smallest absolute Gasteiger partial charge is 0.274 e. The average molecular weight is 325 g/mol. The first-order chi connectivity index (χ1) is 11.4. The van der Waals surface area contributed by atoms with E-state index in [4.69, 9.17) is 0 Å². The number of rotatable bonds is 3. The summed E-state index contributed by atoms with van der Waals surface area (Å²) >= 11 is 0. The maximum Gasteiger partial charge on any atom is 0.274 e. The van der Waals surface area contributed by atoms with Gasteiger partial charge in [-0.2, -0.15) is 5.10 Å². The van der Waals surface area contributed by atoms with E-state index in [1.807, 2.05) is 23.1 Å². The highest BCUT2D eigenvalue weighted by molar-refractivity contribution is 5.88. The zero-order chi connectivity index (χ0) is 17.1. The fourth-order valence-electron chi connectivity index (χ4n) is 4.24. The molecule has 1 aromatic heterocycles. The van der Waals surface area contributed by atoms with Gasteiger partial charge in [0.2, 0.25) is 5.91 Å². The largest absolute Gasteiger partial charge is 0.338 e. The summed E-state index contributed by atoms with van der Waals surface area (Å²) in [5.74, 6) is 0.796. The van der Waals surface area contributed by atoms with Crippen LogP contribution in [0.5, 0.6) is 0 Å². The van der Waals surface area contributed by atoms with Crippen LogP contribution >= 0.6 is 0 Å². The number of benzene rings is 1. The van der Waals surface area contributed by atoms with E-state index in [0.717, 1.165) is 11.9 Å². The molecule has 1 aliphatic heterocycles. The number of carbonyl (C=O) groups excluding carboxylic acids is 1. The van der Waals surface area contributed by atoms with Gasteiger partial charge in [-0.05, 0) is 24.8 Å². The molecule has 5 heteroatoms. The molecule has 1 unspecified atom stereocenters. The van der Waals surface area contributed by atoms with Crippen LogP contribution in [0.25, 0.3) is 10.8 Å². The number of fused-ring (bicyclic) bond motifs is 1. The first-order valence-electron chi connectivity index (χ1n) is 8.63. The van der Waals surface area contributed by atoms with E-state index < -0.39 is 0 Å². The molecule has 1 aromatic carbocycles. The Balaban J connectivity index is 1.64. The van der Waals surface area contributed by atoms with E-state index >= 15 is 0 Å². The monoisotopic (exact) mass is 325 g/mol. The Morgan fingerprint density at radius 3 is 2.54 bits per heavy atom. The van der Waals surface area contributed by atoms with Crippen molar-refractivity contribution in [3.05, 3.63) is 40.3 Å².